The third kappa shape index (κ3) is 8.94. The first-order valence-corrected chi connectivity index (χ1v) is 12.9. The molecule has 2 heterocycles. The van der Waals surface area contributed by atoms with E-state index in [1.165, 1.54) is 5.56 Å². The first-order chi connectivity index (χ1) is 18.9. The summed E-state index contributed by atoms with van der Waals surface area (Å²) in [7, 11) is 0. The molecule has 0 atom stereocenters. The molecule has 2 aromatic heterocycles. The smallest absolute Gasteiger partial charge is 0.288 e. The fourth-order valence-electron chi connectivity index (χ4n) is 3.38. The van der Waals surface area contributed by atoms with Crippen LogP contribution in [0.25, 0.3) is 22.5 Å². The van der Waals surface area contributed by atoms with Crippen LogP contribution in [0.4, 0.5) is 11.4 Å². The highest BCUT2D eigenvalue weighted by Crippen LogP contribution is 2.45. The number of aromatic nitrogens is 3. The minimum Gasteiger partial charge on any atom is -0.326 e. The molecule has 2 aromatic carbocycles. The van der Waals surface area contributed by atoms with E-state index >= 15 is 0 Å². The Morgan fingerprint density at radius 3 is 1.82 bits per heavy atom. The molecule has 5 rings (SSSR count). The summed E-state index contributed by atoms with van der Waals surface area (Å²) >= 11 is 0. The van der Waals surface area contributed by atoms with Gasteiger partial charge in [0.1, 0.15) is 0 Å². The highest BCUT2D eigenvalue weighted by molar-refractivity contribution is 6.29. The lowest BCUT2D eigenvalue weighted by molar-refractivity contribution is -0.127. The lowest BCUT2D eigenvalue weighted by Crippen LogP contribution is -2.21. The van der Waals surface area contributed by atoms with Gasteiger partial charge >= 0.3 is 0 Å². The third-order valence-electron chi connectivity index (χ3n) is 6.03. The number of aryl methyl sites for hydroxylation is 1. The molecule has 0 radical (unpaired) electrons. The standard InChI is InChI=1S/C16H13N3.C13H14N2O3.C2H6.CH4/c1-12-4-6-13(7-5-12)15-8-9-16(19-18-15)14-3-2-10-17-11-14;1-13(6-7-13)12(18)15-10-4-2-9(3-5-10)14-11(17)8-16;1-2;/h2-11H,1H3;2-5,8H,6-7H2,1H3,(H,14,17)(H,15,18);1-2H3;1H4. The lowest BCUT2D eigenvalue weighted by Gasteiger charge is -2.10. The van der Waals surface area contributed by atoms with E-state index in [1.807, 2.05) is 45.0 Å². The molecule has 208 valence electrons. The molecule has 2 amide bonds. The van der Waals surface area contributed by atoms with Crippen molar-refractivity contribution < 1.29 is 14.4 Å². The van der Waals surface area contributed by atoms with E-state index in [0.717, 1.165) is 35.4 Å². The number of aldehydes is 1. The minimum absolute atomic E-state index is 0. The molecule has 8 heteroatoms. The number of nitrogens with one attached hydrogen (secondary N) is 2. The van der Waals surface area contributed by atoms with Crippen molar-refractivity contribution in [3.8, 4) is 22.5 Å². The molecule has 1 saturated carbocycles. The number of nitrogens with zero attached hydrogens (tertiary/aromatic N) is 3. The number of pyridine rings is 1. The number of carbonyl (C=O) groups is 3. The van der Waals surface area contributed by atoms with Gasteiger partial charge in [0.05, 0.1) is 11.4 Å². The van der Waals surface area contributed by atoms with E-state index < -0.39 is 5.91 Å². The summed E-state index contributed by atoms with van der Waals surface area (Å²) in [5.74, 6) is -0.676. The van der Waals surface area contributed by atoms with Crippen LogP contribution in [-0.4, -0.2) is 33.3 Å². The predicted octanol–water partition coefficient (Wildman–Crippen LogP) is 6.74. The largest absolute Gasteiger partial charge is 0.326 e. The van der Waals surface area contributed by atoms with Gasteiger partial charge in [-0.1, -0.05) is 58.0 Å². The molecule has 0 unspecified atom stereocenters. The molecule has 0 spiro atoms. The van der Waals surface area contributed by atoms with Gasteiger partial charge < -0.3 is 10.6 Å². The zero-order valence-electron chi connectivity index (χ0n) is 22.6. The number of rotatable bonds is 6. The van der Waals surface area contributed by atoms with Gasteiger partial charge in [0.15, 0.2) is 0 Å². The van der Waals surface area contributed by atoms with Crippen LogP contribution in [0.3, 0.4) is 0 Å². The minimum atomic E-state index is -0.697. The second-order valence-corrected chi connectivity index (χ2v) is 9.11. The summed E-state index contributed by atoms with van der Waals surface area (Å²) in [5, 5.41) is 13.7. The zero-order chi connectivity index (χ0) is 28.3. The van der Waals surface area contributed by atoms with Crippen LogP contribution in [0.15, 0.2) is 85.2 Å². The monoisotopic (exact) mass is 539 g/mol. The van der Waals surface area contributed by atoms with Crippen molar-refractivity contribution >= 4 is 29.5 Å². The van der Waals surface area contributed by atoms with Crippen LogP contribution in [0, 0.1) is 12.3 Å². The van der Waals surface area contributed by atoms with Crippen molar-refractivity contribution in [3.63, 3.8) is 0 Å². The molecule has 4 aromatic rings. The van der Waals surface area contributed by atoms with Crippen molar-refractivity contribution in [3.05, 3.63) is 90.8 Å². The summed E-state index contributed by atoms with van der Waals surface area (Å²) < 4.78 is 0. The van der Waals surface area contributed by atoms with Crippen LogP contribution in [0.1, 0.15) is 46.6 Å². The maximum absolute atomic E-state index is 11.8. The molecule has 1 aliphatic rings. The molecule has 1 fully saturated rings. The van der Waals surface area contributed by atoms with Gasteiger partial charge in [-0.2, -0.15) is 0 Å². The van der Waals surface area contributed by atoms with E-state index in [9.17, 15) is 14.4 Å². The van der Waals surface area contributed by atoms with Crippen LogP contribution in [0.2, 0.25) is 0 Å². The topological polar surface area (TPSA) is 114 Å². The number of carbonyl (C=O) groups excluding carboxylic acids is 3. The predicted molar refractivity (Wildman–Crippen MR) is 161 cm³/mol. The average Bonchev–Trinajstić information content (AvgIpc) is 3.75. The Hall–Kier alpha value is -4.72. The van der Waals surface area contributed by atoms with Gasteiger partial charge in [-0.25, -0.2) is 0 Å². The number of anilines is 2. The fraction of sp³-hybridized carbons (Fsp3) is 0.250. The Kier molecular flexibility index (Phi) is 11.8. The maximum atomic E-state index is 11.8. The van der Waals surface area contributed by atoms with Crippen LogP contribution in [-0.2, 0) is 14.4 Å². The lowest BCUT2D eigenvalue weighted by atomic mass is 10.1. The molecule has 0 aliphatic heterocycles. The highest BCUT2D eigenvalue weighted by atomic mass is 16.2. The Morgan fingerprint density at radius 2 is 1.35 bits per heavy atom. The quantitative estimate of drug-likeness (QED) is 0.207. The summed E-state index contributed by atoms with van der Waals surface area (Å²) in [6.45, 7) is 8.00. The molecule has 40 heavy (non-hydrogen) atoms. The van der Waals surface area contributed by atoms with Gasteiger partial charge in [-0.3, -0.25) is 19.4 Å². The Labute approximate surface area is 236 Å². The highest BCUT2D eigenvalue weighted by Gasteiger charge is 2.44. The van der Waals surface area contributed by atoms with Crippen molar-refractivity contribution in [2.75, 3.05) is 10.6 Å². The van der Waals surface area contributed by atoms with Gasteiger partial charge in [0, 0.05) is 40.3 Å². The van der Waals surface area contributed by atoms with Crippen LogP contribution < -0.4 is 10.6 Å². The molecule has 8 nitrogen and oxygen atoms in total. The van der Waals surface area contributed by atoms with Crippen LogP contribution in [0.5, 0.6) is 0 Å². The molecular formula is C32H37N5O3. The maximum Gasteiger partial charge on any atom is 0.288 e. The van der Waals surface area contributed by atoms with E-state index in [-0.39, 0.29) is 25.0 Å². The molecular weight excluding hydrogens is 502 g/mol. The summed E-state index contributed by atoms with van der Waals surface area (Å²) in [6.07, 6.45) is 5.59. The zero-order valence-corrected chi connectivity index (χ0v) is 22.6. The number of benzene rings is 2. The first-order valence-electron chi connectivity index (χ1n) is 12.9. The molecule has 1 aliphatic carbocycles. The fourth-order valence-corrected chi connectivity index (χ4v) is 3.38. The normalized spacial score (nSPS) is 12.1. The van der Waals surface area contributed by atoms with Crippen molar-refractivity contribution in [1.82, 2.24) is 15.2 Å². The summed E-state index contributed by atoms with van der Waals surface area (Å²) in [4.78, 5) is 36.9. The van der Waals surface area contributed by atoms with E-state index in [4.69, 9.17) is 0 Å². The summed E-state index contributed by atoms with van der Waals surface area (Å²) in [6, 6.07) is 22.7. The average molecular weight is 540 g/mol. The van der Waals surface area contributed by atoms with Gasteiger partial charge in [-0.05, 0) is 68.3 Å². The first kappa shape index (κ1) is 31.5. The second kappa shape index (κ2) is 15.0. The van der Waals surface area contributed by atoms with Crippen molar-refractivity contribution in [2.45, 2.75) is 48.0 Å². The van der Waals surface area contributed by atoms with E-state index in [1.54, 1.807) is 36.7 Å². The van der Waals surface area contributed by atoms with E-state index in [0.29, 0.717) is 11.4 Å². The number of amides is 2. The van der Waals surface area contributed by atoms with Crippen LogP contribution >= 0.6 is 0 Å². The SMILES string of the molecule is C.CC.CC1(C(=O)Nc2ccc(NC(=O)C=O)cc2)CC1.Cc1ccc(-c2ccc(-c3cccnc3)nn2)cc1. The van der Waals surface area contributed by atoms with Crippen molar-refractivity contribution in [1.29, 1.82) is 0 Å². The molecule has 2 N–H and O–H groups in total. The van der Waals surface area contributed by atoms with Gasteiger partial charge in [0.25, 0.3) is 5.91 Å². The molecule has 0 saturated heterocycles. The Balaban J connectivity index is 0.000000258. The van der Waals surface area contributed by atoms with Crippen molar-refractivity contribution in [2.24, 2.45) is 5.41 Å². The third-order valence-corrected chi connectivity index (χ3v) is 6.03. The number of hydrogen-bond donors (Lipinski definition) is 2. The number of hydrogen-bond acceptors (Lipinski definition) is 6. The summed E-state index contributed by atoms with van der Waals surface area (Å²) in [5.41, 5.74) is 5.99. The second-order valence-electron chi connectivity index (χ2n) is 9.11. The van der Waals surface area contributed by atoms with Gasteiger partial charge in [-0.15, -0.1) is 10.2 Å². The Bertz CT molecular complexity index is 1370. The van der Waals surface area contributed by atoms with E-state index in [2.05, 4.69) is 57.0 Å². The Morgan fingerprint density at radius 1 is 0.800 bits per heavy atom. The molecule has 0 bridgehead atoms. The van der Waals surface area contributed by atoms with Gasteiger partial charge in [0.2, 0.25) is 12.2 Å².